The van der Waals surface area contributed by atoms with Gasteiger partial charge in [-0.1, -0.05) is 90.5 Å². The molecule has 0 saturated carbocycles. The Hall–Kier alpha value is -5.29. The summed E-state index contributed by atoms with van der Waals surface area (Å²) in [5.41, 5.74) is 4.92. The Labute approximate surface area is 297 Å². The van der Waals surface area contributed by atoms with Crippen molar-refractivity contribution in [3.8, 4) is 11.3 Å². The van der Waals surface area contributed by atoms with Crippen LogP contribution in [0, 0.1) is 13.8 Å². The Bertz CT molecular complexity index is 2090. The highest BCUT2D eigenvalue weighted by atomic mass is 32.2. The first-order chi connectivity index (χ1) is 23.8. The monoisotopic (exact) mass is 700 g/mol. The van der Waals surface area contributed by atoms with E-state index in [1.54, 1.807) is 36.4 Å². The molecule has 0 aliphatic rings. The number of aromatic nitrogens is 1. The normalized spacial score (nSPS) is 11.8. The van der Waals surface area contributed by atoms with Gasteiger partial charge >= 0.3 is 0 Å². The Kier molecular flexibility index (Phi) is 10.8. The summed E-state index contributed by atoms with van der Waals surface area (Å²) in [6, 6.07) is 37.5. The van der Waals surface area contributed by atoms with Crippen LogP contribution in [0.3, 0.4) is 0 Å². The molecule has 0 bridgehead atoms. The second kappa shape index (κ2) is 15.7. The van der Waals surface area contributed by atoms with Gasteiger partial charge in [-0.05, 0) is 67.3 Å². The van der Waals surface area contributed by atoms with Crippen molar-refractivity contribution in [2.45, 2.75) is 24.0 Å². The zero-order chi connectivity index (χ0) is 34.2. The van der Waals surface area contributed by atoms with Gasteiger partial charge in [-0.2, -0.15) is 0 Å². The summed E-state index contributed by atoms with van der Waals surface area (Å²) in [5.74, 6) is -1.07. The molecule has 10 heteroatoms. The van der Waals surface area contributed by atoms with Crippen LogP contribution in [0.5, 0.6) is 0 Å². The molecule has 0 radical (unpaired) electrons. The molecule has 0 aliphatic heterocycles. The number of thioether (sulfide) groups is 1. The smallest absolute Gasteiger partial charge is 0.272 e. The highest BCUT2D eigenvalue weighted by Gasteiger charge is 2.24. The SMILES string of the molecule is Cc1ccc(-c2nc(NC(=O)C(Sc3cccc(NC(=O)/C(=C/c4cccs4)NC(=O)c4ccccc4)c3)c3ccccc3)sc2C)cc1. The van der Waals surface area contributed by atoms with Crippen molar-refractivity contribution < 1.29 is 14.4 Å². The number of rotatable bonds is 11. The fraction of sp³-hybridized carbons (Fsp3) is 0.0769. The van der Waals surface area contributed by atoms with Crippen molar-refractivity contribution in [2.24, 2.45) is 0 Å². The summed E-state index contributed by atoms with van der Waals surface area (Å²) >= 11 is 4.27. The summed E-state index contributed by atoms with van der Waals surface area (Å²) in [6.45, 7) is 4.04. The topological polar surface area (TPSA) is 100 Å². The van der Waals surface area contributed by atoms with Gasteiger partial charge in [0.2, 0.25) is 5.91 Å². The summed E-state index contributed by atoms with van der Waals surface area (Å²) in [4.78, 5) is 47.8. The van der Waals surface area contributed by atoms with Gasteiger partial charge in [0.15, 0.2) is 5.13 Å². The van der Waals surface area contributed by atoms with Crippen LogP contribution in [0.15, 0.2) is 137 Å². The Balaban J connectivity index is 1.20. The van der Waals surface area contributed by atoms with Gasteiger partial charge < -0.3 is 16.0 Å². The fourth-order valence-electron chi connectivity index (χ4n) is 4.94. The van der Waals surface area contributed by atoms with Gasteiger partial charge in [-0.15, -0.1) is 34.4 Å². The molecule has 7 nitrogen and oxygen atoms in total. The molecule has 0 fully saturated rings. The highest BCUT2D eigenvalue weighted by molar-refractivity contribution is 8.00. The lowest BCUT2D eigenvalue weighted by atomic mass is 10.1. The van der Waals surface area contributed by atoms with E-state index in [4.69, 9.17) is 4.98 Å². The number of amides is 3. The standard InChI is InChI=1S/C39H32N4O3S3/c1-25-18-20-27(21-19-25)34-26(2)48-39(42-34)43-38(46)35(28-11-5-3-6-12-28)49-32-16-9-15-30(23-32)40-37(45)33(24-31-17-10-22-47-31)41-36(44)29-13-7-4-8-14-29/h3-24,35H,1-2H3,(H,40,45)(H,41,44)(H,42,43,46)/b33-24-. The van der Waals surface area contributed by atoms with Crippen LogP contribution in [0.25, 0.3) is 17.3 Å². The number of nitrogens with one attached hydrogen (secondary N) is 3. The third kappa shape index (κ3) is 8.80. The maximum atomic E-state index is 13.9. The minimum atomic E-state index is -0.598. The number of anilines is 2. The quantitative estimate of drug-likeness (QED) is 0.0924. The van der Waals surface area contributed by atoms with Gasteiger partial charge in [0.05, 0.1) is 5.69 Å². The number of nitrogens with zero attached hydrogens (tertiary/aromatic N) is 1. The van der Waals surface area contributed by atoms with E-state index in [-0.39, 0.29) is 17.5 Å². The van der Waals surface area contributed by atoms with Gasteiger partial charge in [-0.25, -0.2) is 4.98 Å². The van der Waals surface area contributed by atoms with E-state index in [0.29, 0.717) is 16.4 Å². The van der Waals surface area contributed by atoms with E-state index in [0.717, 1.165) is 31.5 Å². The molecule has 4 aromatic carbocycles. The Morgan fingerprint density at radius 2 is 1.53 bits per heavy atom. The first-order valence-corrected chi connectivity index (χ1v) is 18.0. The molecule has 2 aromatic heterocycles. The van der Waals surface area contributed by atoms with Crippen molar-refractivity contribution in [1.82, 2.24) is 10.3 Å². The molecule has 0 saturated heterocycles. The minimum absolute atomic E-state index is 0.111. The van der Waals surface area contributed by atoms with E-state index < -0.39 is 11.2 Å². The van der Waals surface area contributed by atoms with Crippen molar-refractivity contribution in [3.63, 3.8) is 0 Å². The number of carbonyl (C=O) groups excluding carboxylic acids is 3. The molecule has 6 rings (SSSR count). The molecular weight excluding hydrogens is 669 g/mol. The van der Waals surface area contributed by atoms with Gasteiger partial charge in [0.1, 0.15) is 10.9 Å². The van der Waals surface area contributed by atoms with Crippen LogP contribution in [0.4, 0.5) is 10.8 Å². The summed E-state index contributed by atoms with van der Waals surface area (Å²) in [6.07, 6.45) is 1.65. The lowest BCUT2D eigenvalue weighted by Gasteiger charge is -2.17. The van der Waals surface area contributed by atoms with E-state index in [2.05, 4.69) is 16.0 Å². The van der Waals surface area contributed by atoms with Crippen LogP contribution in [0.2, 0.25) is 0 Å². The van der Waals surface area contributed by atoms with Crippen LogP contribution in [-0.4, -0.2) is 22.7 Å². The maximum Gasteiger partial charge on any atom is 0.272 e. The van der Waals surface area contributed by atoms with E-state index >= 15 is 0 Å². The van der Waals surface area contributed by atoms with Crippen molar-refractivity contribution in [2.75, 3.05) is 10.6 Å². The predicted molar refractivity (Wildman–Crippen MR) is 202 cm³/mol. The van der Waals surface area contributed by atoms with E-state index in [1.165, 1.54) is 40.0 Å². The van der Waals surface area contributed by atoms with Crippen molar-refractivity contribution in [3.05, 3.63) is 159 Å². The van der Waals surface area contributed by atoms with E-state index in [9.17, 15) is 14.4 Å². The number of hydrogen-bond acceptors (Lipinski definition) is 7. The average molecular weight is 701 g/mol. The molecule has 1 unspecified atom stereocenters. The summed E-state index contributed by atoms with van der Waals surface area (Å²) in [7, 11) is 0. The zero-order valence-electron chi connectivity index (χ0n) is 26.7. The number of thiazole rings is 1. The van der Waals surface area contributed by atoms with Gasteiger partial charge in [0, 0.05) is 31.5 Å². The van der Waals surface area contributed by atoms with Crippen LogP contribution in [0.1, 0.15) is 36.5 Å². The second-order valence-corrected chi connectivity index (χ2v) is 14.4. The fourth-order valence-corrected chi connectivity index (χ4v) is 7.52. The van der Waals surface area contributed by atoms with Gasteiger partial charge in [-0.3, -0.25) is 14.4 Å². The molecule has 3 N–H and O–H groups in total. The molecule has 244 valence electrons. The van der Waals surface area contributed by atoms with Crippen LogP contribution in [-0.2, 0) is 9.59 Å². The third-order valence-electron chi connectivity index (χ3n) is 7.40. The molecular formula is C39H32N4O3S3. The molecule has 2 heterocycles. The largest absolute Gasteiger partial charge is 0.321 e. The summed E-state index contributed by atoms with van der Waals surface area (Å²) in [5, 5.41) is 10.6. The average Bonchev–Trinajstić information content (AvgIpc) is 3.77. The number of aryl methyl sites for hydroxylation is 2. The molecule has 3 amide bonds. The minimum Gasteiger partial charge on any atom is -0.321 e. The lowest BCUT2D eigenvalue weighted by molar-refractivity contribution is -0.116. The van der Waals surface area contributed by atoms with Gasteiger partial charge in [0.25, 0.3) is 11.8 Å². The molecule has 1 atom stereocenters. The predicted octanol–water partition coefficient (Wildman–Crippen LogP) is 9.37. The number of benzene rings is 4. The third-order valence-corrected chi connectivity index (χ3v) is 10.4. The van der Waals surface area contributed by atoms with Crippen molar-refractivity contribution >= 4 is 69.1 Å². The first-order valence-electron chi connectivity index (χ1n) is 15.4. The molecule has 49 heavy (non-hydrogen) atoms. The molecule has 0 spiro atoms. The summed E-state index contributed by atoms with van der Waals surface area (Å²) < 4.78 is 0. The van der Waals surface area contributed by atoms with Crippen LogP contribution < -0.4 is 16.0 Å². The lowest BCUT2D eigenvalue weighted by Crippen LogP contribution is -2.30. The number of thiophene rings is 1. The first kappa shape index (κ1) is 33.6. The maximum absolute atomic E-state index is 13.9. The van der Waals surface area contributed by atoms with Crippen molar-refractivity contribution in [1.29, 1.82) is 0 Å². The molecule has 0 aliphatic carbocycles. The Morgan fingerprint density at radius 1 is 0.796 bits per heavy atom. The number of hydrogen-bond donors (Lipinski definition) is 3. The zero-order valence-corrected chi connectivity index (χ0v) is 29.1. The highest BCUT2D eigenvalue weighted by Crippen LogP contribution is 2.38. The van der Waals surface area contributed by atoms with E-state index in [1.807, 2.05) is 110 Å². The van der Waals surface area contributed by atoms with Crippen LogP contribution >= 0.6 is 34.4 Å². The second-order valence-electron chi connectivity index (χ2n) is 11.1. The molecule has 6 aromatic rings. The number of carbonyl (C=O) groups is 3. The Morgan fingerprint density at radius 3 is 2.24 bits per heavy atom.